The van der Waals surface area contributed by atoms with Crippen LogP contribution in [0.15, 0.2) is 25.3 Å². The van der Waals surface area contributed by atoms with Crippen LogP contribution in [-0.2, 0) is 9.53 Å². The van der Waals surface area contributed by atoms with Crippen LogP contribution in [0.2, 0.25) is 0 Å². The number of rotatable bonds is 5. The third-order valence-electron chi connectivity index (χ3n) is 0.829. The van der Waals surface area contributed by atoms with Gasteiger partial charge in [0.2, 0.25) is 5.12 Å². The van der Waals surface area contributed by atoms with Gasteiger partial charge < -0.3 is 9.84 Å². The Morgan fingerprint density at radius 2 is 1.85 bits per heavy atom. The van der Waals surface area contributed by atoms with Gasteiger partial charge in [0.05, 0.1) is 13.2 Å². The Hall–Kier alpha value is -0.580. The lowest BCUT2D eigenvalue weighted by Gasteiger charge is -1.89. The summed E-state index contributed by atoms with van der Waals surface area (Å²) in [5.74, 6) is 0. The van der Waals surface area contributed by atoms with Crippen molar-refractivity contribution in [3.63, 3.8) is 0 Å². The molecule has 0 spiro atoms. The lowest BCUT2D eigenvalue weighted by molar-refractivity contribution is -0.117. The van der Waals surface area contributed by atoms with Crippen LogP contribution >= 0.6 is 12.6 Å². The molecule has 13 heavy (non-hydrogen) atoms. The van der Waals surface area contributed by atoms with Crippen LogP contribution in [0.1, 0.15) is 6.92 Å². The molecule has 0 bridgehead atoms. The van der Waals surface area contributed by atoms with Crippen molar-refractivity contribution in [3.05, 3.63) is 25.3 Å². The fraction of sp³-hybridized carbons (Fsp3) is 0.444. The molecule has 0 aliphatic heterocycles. The molecular formula is C9H16O3S. The predicted octanol–water partition coefficient (Wildman–Crippen LogP) is 1.20. The first kappa shape index (κ1) is 14.9. The molecule has 0 aliphatic rings. The Morgan fingerprint density at radius 1 is 1.54 bits per heavy atom. The van der Waals surface area contributed by atoms with Gasteiger partial charge in [0.15, 0.2) is 0 Å². The van der Waals surface area contributed by atoms with Gasteiger partial charge in [-0.15, -0.1) is 25.8 Å². The molecule has 1 unspecified atom stereocenters. The lowest BCUT2D eigenvalue weighted by Crippen LogP contribution is -2.07. The van der Waals surface area contributed by atoms with Crippen LogP contribution in [-0.4, -0.2) is 29.5 Å². The van der Waals surface area contributed by atoms with Gasteiger partial charge in [0.25, 0.3) is 0 Å². The molecule has 0 radical (unpaired) electrons. The Labute approximate surface area is 84.5 Å². The maximum Gasteiger partial charge on any atom is 0.214 e. The molecule has 0 saturated carbocycles. The summed E-state index contributed by atoms with van der Waals surface area (Å²) in [6, 6.07) is 0. The fourth-order valence-corrected chi connectivity index (χ4v) is 0.235. The molecule has 0 fully saturated rings. The minimum Gasteiger partial charge on any atom is -0.385 e. The molecule has 0 aliphatic carbocycles. The maximum absolute atomic E-state index is 9.76. The Kier molecular flexibility index (Phi) is 13.1. The van der Waals surface area contributed by atoms with Gasteiger partial charge >= 0.3 is 0 Å². The summed E-state index contributed by atoms with van der Waals surface area (Å²) >= 11 is 3.30. The van der Waals surface area contributed by atoms with E-state index >= 15 is 0 Å². The number of aliphatic hydroxyl groups is 1. The van der Waals surface area contributed by atoms with Gasteiger partial charge in [-0.05, 0) is 6.92 Å². The van der Waals surface area contributed by atoms with Crippen LogP contribution in [0.25, 0.3) is 0 Å². The van der Waals surface area contributed by atoms with E-state index in [1.807, 2.05) is 0 Å². The van der Waals surface area contributed by atoms with E-state index in [9.17, 15) is 4.79 Å². The molecule has 0 aromatic heterocycles. The zero-order valence-electron chi connectivity index (χ0n) is 7.77. The van der Waals surface area contributed by atoms with E-state index in [0.29, 0.717) is 13.2 Å². The summed E-state index contributed by atoms with van der Waals surface area (Å²) in [5.41, 5.74) is 0. The summed E-state index contributed by atoms with van der Waals surface area (Å²) in [6.07, 6.45) is 2.50. The van der Waals surface area contributed by atoms with E-state index in [2.05, 4.69) is 25.8 Å². The summed E-state index contributed by atoms with van der Waals surface area (Å²) in [5, 5.41) is 7.71. The fourth-order valence-electron chi connectivity index (χ4n) is 0.235. The van der Waals surface area contributed by atoms with E-state index in [4.69, 9.17) is 9.84 Å². The largest absolute Gasteiger partial charge is 0.385 e. The van der Waals surface area contributed by atoms with Crippen molar-refractivity contribution in [2.45, 2.75) is 13.0 Å². The number of aliphatic hydroxyl groups excluding tert-OH is 1. The normalized spacial score (nSPS) is 10.7. The number of carbonyl (C=O) groups excluding carboxylic acids is 1. The number of hydrogen-bond acceptors (Lipinski definition) is 3. The molecule has 0 aromatic carbocycles. The van der Waals surface area contributed by atoms with E-state index in [1.54, 1.807) is 12.2 Å². The third kappa shape index (κ3) is 18.4. The monoisotopic (exact) mass is 204 g/mol. The van der Waals surface area contributed by atoms with Crippen molar-refractivity contribution < 1.29 is 14.6 Å². The summed E-state index contributed by atoms with van der Waals surface area (Å²) in [4.78, 5) is 9.76. The Morgan fingerprint density at radius 3 is 2.00 bits per heavy atom. The number of carbonyl (C=O) groups is 1. The smallest absolute Gasteiger partial charge is 0.214 e. The summed E-state index contributed by atoms with van der Waals surface area (Å²) in [6.45, 7) is 9.55. The van der Waals surface area contributed by atoms with E-state index in [-0.39, 0.29) is 0 Å². The highest BCUT2D eigenvalue weighted by molar-refractivity contribution is 7.96. The Bertz CT molecular complexity index is 147. The van der Waals surface area contributed by atoms with Gasteiger partial charge in [-0.1, -0.05) is 12.2 Å². The quantitative estimate of drug-likeness (QED) is 0.402. The highest BCUT2D eigenvalue weighted by atomic mass is 32.1. The average molecular weight is 204 g/mol. The lowest BCUT2D eigenvalue weighted by atomic mass is 10.5. The highest BCUT2D eigenvalue weighted by Gasteiger charge is 1.98. The van der Waals surface area contributed by atoms with Gasteiger partial charge in [0, 0.05) is 0 Å². The molecule has 1 N–H and O–H groups in total. The van der Waals surface area contributed by atoms with Crippen molar-refractivity contribution in [3.8, 4) is 0 Å². The summed E-state index contributed by atoms with van der Waals surface area (Å²) < 4.78 is 4.90. The van der Waals surface area contributed by atoms with Crippen LogP contribution in [0.5, 0.6) is 0 Å². The van der Waals surface area contributed by atoms with Gasteiger partial charge in [-0.2, -0.15) is 0 Å². The molecule has 76 valence electrons. The third-order valence-corrected chi connectivity index (χ3v) is 1.20. The SMILES string of the molecule is C=CCOCC=C.CC(O)C(=O)S. The number of thiol groups is 1. The van der Waals surface area contributed by atoms with Crippen molar-refractivity contribution in [2.24, 2.45) is 0 Å². The predicted molar refractivity (Wildman–Crippen MR) is 56.9 cm³/mol. The van der Waals surface area contributed by atoms with E-state index in [1.165, 1.54) is 6.92 Å². The molecule has 0 saturated heterocycles. The molecule has 0 amide bonds. The molecular weight excluding hydrogens is 188 g/mol. The standard InChI is InChI=1S/C6H10O.C3H6O2S/c1-3-5-7-6-4-2;1-2(4)3(5)6/h3-4H,1-2,5-6H2;2,4H,1H3,(H,5,6). The van der Waals surface area contributed by atoms with Gasteiger partial charge in [-0.25, -0.2) is 0 Å². The number of hydrogen-bond donors (Lipinski definition) is 2. The van der Waals surface area contributed by atoms with Gasteiger partial charge in [0.1, 0.15) is 6.10 Å². The molecule has 0 rings (SSSR count). The Balaban J connectivity index is 0. The van der Waals surface area contributed by atoms with Crippen LogP contribution in [0, 0.1) is 0 Å². The maximum atomic E-state index is 9.76. The van der Waals surface area contributed by atoms with E-state index in [0.717, 1.165) is 0 Å². The van der Waals surface area contributed by atoms with Crippen LogP contribution in [0.4, 0.5) is 0 Å². The van der Waals surface area contributed by atoms with Gasteiger partial charge in [-0.3, -0.25) is 4.79 Å². The molecule has 3 nitrogen and oxygen atoms in total. The first-order valence-corrected chi connectivity index (χ1v) is 4.21. The molecule has 1 atom stereocenters. The van der Waals surface area contributed by atoms with Crippen molar-refractivity contribution in [1.29, 1.82) is 0 Å². The number of ether oxygens (including phenoxy) is 1. The minimum absolute atomic E-state index is 0.491. The minimum atomic E-state index is -0.923. The average Bonchev–Trinajstić information content (AvgIpc) is 2.06. The van der Waals surface area contributed by atoms with Crippen molar-refractivity contribution in [1.82, 2.24) is 0 Å². The van der Waals surface area contributed by atoms with Crippen LogP contribution < -0.4 is 0 Å². The zero-order valence-corrected chi connectivity index (χ0v) is 8.67. The second-order valence-electron chi connectivity index (χ2n) is 2.13. The highest BCUT2D eigenvalue weighted by Crippen LogP contribution is 1.84. The van der Waals surface area contributed by atoms with E-state index < -0.39 is 11.2 Å². The second-order valence-corrected chi connectivity index (χ2v) is 2.57. The first-order chi connectivity index (χ1) is 6.06. The zero-order chi connectivity index (χ0) is 10.7. The molecule has 0 heterocycles. The van der Waals surface area contributed by atoms with Crippen molar-refractivity contribution in [2.75, 3.05) is 13.2 Å². The van der Waals surface area contributed by atoms with Crippen molar-refractivity contribution >= 4 is 17.7 Å². The first-order valence-electron chi connectivity index (χ1n) is 3.76. The summed E-state index contributed by atoms with van der Waals surface area (Å²) in [7, 11) is 0. The van der Waals surface area contributed by atoms with Crippen LogP contribution in [0.3, 0.4) is 0 Å². The second kappa shape index (κ2) is 11.4. The topological polar surface area (TPSA) is 46.5 Å². The molecule has 0 aromatic rings. The molecule has 4 heteroatoms.